The van der Waals surface area contributed by atoms with Crippen LogP contribution in [-0.4, -0.2) is 57.4 Å². The molecule has 1 N–H and O–H groups in total. The Hall–Kier alpha value is -4.08. The number of imide groups is 1. The standard InChI is InChI=1S/C26H24FN5O4/c27-19-8-3-6-17(13-19)22-28-23(36-30-22)18-7-4-12-31(14-18)21(33)15-32-24(34)26(29-25(32)35)11-10-16-5-1-2-9-20(16)26/h1-3,5-6,8-9,13,18H,4,7,10-12,14-15H2,(H,29,35). The van der Waals surface area contributed by atoms with E-state index in [9.17, 15) is 18.8 Å². The van der Waals surface area contributed by atoms with Gasteiger partial charge in [0.15, 0.2) is 0 Å². The molecule has 3 heterocycles. The number of aryl methyl sites for hydroxylation is 1. The molecule has 3 aliphatic rings. The number of carbonyl (C=O) groups excluding carboxylic acids is 3. The van der Waals surface area contributed by atoms with E-state index in [1.807, 2.05) is 24.3 Å². The van der Waals surface area contributed by atoms with E-state index in [-0.39, 0.29) is 30.1 Å². The number of rotatable bonds is 4. The van der Waals surface area contributed by atoms with Gasteiger partial charge in [0.1, 0.15) is 17.9 Å². The number of benzene rings is 2. The molecule has 2 aliphatic heterocycles. The number of likely N-dealkylation sites (tertiary alicyclic amines) is 1. The molecular formula is C26H24FN5O4. The van der Waals surface area contributed by atoms with Crippen LogP contribution in [-0.2, 0) is 21.5 Å². The zero-order chi connectivity index (χ0) is 24.9. The molecule has 6 rings (SSSR count). The second-order valence-electron chi connectivity index (χ2n) is 9.53. The van der Waals surface area contributed by atoms with E-state index < -0.39 is 17.4 Å². The van der Waals surface area contributed by atoms with Gasteiger partial charge in [-0.05, 0) is 48.9 Å². The van der Waals surface area contributed by atoms with E-state index >= 15 is 0 Å². The van der Waals surface area contributed by atoms with Gasteiger partial charge in [0.25, 0.3) is 5.91 Å². The van der Waals surface area contributed by atoms with Gasteiger partial charge in [0, 0.05) is 18.7 Å². The zero-order valence-electron chi connectivity index (χ0n) is 19.4. The molecule has 0 bridgehead atoms. The molecule has 2 atom stereocenters. The van der Waals surface area contributed by atoms with Gasteiger partial charge in [0.2, 0.25) is 17.6 Å². The first-order chi connectivity index (χ1) is 17.4. The van der Waals surface area contributed by atoms with Gasteiger partial charge in [-0.15, -0.1) is 0 Å². The van der Waals surface area contributed by atoms with Crippen LogP contribution in [0.1, 0.15) is 42.2 Å². The number of hydrogen-bond donors (Lipinski definition) is 1. The van der Waals surface area contributed by atoms with Gasteiger partial charge in [-0.3, -0.25) is 14.5 Å². The summed E-state index contributed by atoms with van der Waals surface area (Å²) in [6.07, 6.45) is 2.64. The second-order valence-corrected chi connectivity index (χ2v) is 9.53. The highest BCUT2D eigenvalue weighted by molar-refractivity contribution is 6.09. The minimum Gasteiger partial charge on any atom is -0.340 e. The van der Waals surface area contributed by atoms with Crippen LogP contribution in [0.2, 0.25) is 0 Å². The minimum atomic E-state index is -1.09. The lowest BCUT2D eigenvalue weighted by molar-refractivity contribution is -0.139. The van der Waals surface area contributed by atoms with Crippen molar-refractivity contribution in [1.82, 2.24) is 25.3 Å². The van der Waals surface area contributed by atoms with E-state index in [0.29, 0.717) is 43.8 Å². The number of nitrogens with one attached hydrogen (secondary N) is 1. The second kappa shape index (κ2) is 8.54. The number of piperidine rings is 1. The molecule has 10 heteroatoms. The zero-order valence-corrected chi connectivity index (χ0v) is 19.4. The fourth-order valence-electron chi connectivity index (χ4n) is 5.52. The van der Waals surface area contributed by atoms with Crippen LogP contribution >= 0.6 is 0 Å². The number of fused-ring (bicyclic) bond motifs is 2. The van der Waals surface area contributed by atoms with Crippen LogP contribution in [0.5, 0.6) is 0 Å². The largest absolute Gasteiger partial charge is 0.340 e. The number of aromatic nitrogens is 2. The molecule has 1 aliphatic carbocycles. The number of halogens is 1. The van der Waals surface area contributed by atoms with Crippen molar-refractivity contribution in [3.63, 3.8) is 0 Å². The average molecular weight is 490 g/mol. The molecule has 2 unspecified atom stereocenters. The maximum atomic E-state index is 13.6. The molecule has 2 fully saturated rings. The highest BCUT2D eigenvalue weighted by atomic mass is 19.1. The lowest BCUT2D eigenvalue weighted by Gasteiger charge is -2.32. The minimum absolute atomic E-state index is 0.186. The van der Waals surface area contributed by atoms with Gasteiger partial charge in [-0.25, -0.2) is 9.18 Å². The van der Waals surface area contributed by atoms with Crippen LogP contribution in [0.3, 0.4) is 0 Å². The quantitative estimate of drug-likeness (QED) is 0.565. The van der Waals surface area contributed by atoms with E-state index in [4.69, 9.17) is 4.52 Å². The normalized spacial score (nSPS) is 23.3. The molecular weight excluding hydrogens is 465 g/mol. The van der Waals surface area contributed by atoms with Crippen molar-refractivity contribution in [1.29, 1.82) is 0 Å². The first-order valence-corrected chi connectivity index (χ1v) is 12.0. The maximum Gasteiger partial charge on any atom is 0.325 e. The summed E-state index contributed by atoms with van der Waals surface area (Å²) in [6.45, 7) is 0.527. The summed E-state index contributed by atoms with van der Waals surface area (Å²) in [7, 11) is 0. The Balaban J connectivity index is 1.15. The number of urea groups is 1. The topological polar surface area (TPSA) is 109 Å². The Morgan fingerprint density at radius 1 is 1.19 bits per heavy atom. The van der Waals surface area contributed by atoms with E-state index in [1.165, 1.54) is 12.1 Å². The van der Waals surface area contributed by atoms with Crippen molar-refractivity contribution >= 4 is 17.8 Å². The number of nitrogens with zero attached hydrogens (tertiary/aromatic N) is 4. The Morgan fingerprint density at radius 3 is 2.92 bits per heavy atom. The third kappa shape index (κ3) is 3.64. The molecule has 4 amide bonds. The van der Waals surface area contributed by atoms with Crippen molar-refractivity contribution in [2.24, 2.45) is 0 Å². The Kier molecular flexibility index (Phi) is 5.31. The van der Waals surface area contributed by atoms with Crippen LogP contribution in [0.4, 0.5) is 9.18 Å². The predicted octanol–water partition coefficient (Wildman–Crippen LogP) is 2.98. The summed E-state index contributed by atoms with van der Waals surface area (Å²) >= 11 is 0. The summed E-state index contributed by atoms with van der Waals surface area (Å²) in [5.41, 5.74) is 1.27. The first-order valence-electron chi connectivity index (χ1n) is 12.0. The first kappa shape index (κ1) is 22.4. The van der Waals surface area contributed by atoms with Gasteiger partial charge >= 0.3 is 6.03 Å². The van der Waals surface area contributed by atoms with Crippen molar-refractivity contribution in [3.8, 4) is 11.4 Å². The Labute approximate surface area is 206 Å². The fraction of sp³-hybridized carbons (Fsp3) is 0.346. The van der Waals surface area contributed by atoms with Crippen molar-refractivity contribution in [2.75, 3.05) is 19.6 Å². The Morgan fingerprint density at radius 2 is 2.06 bits per heavy atom. The van der Waals surface area contributed by atoms with Crippen LogP contribution < -0.4 is 5.32 Å². The van der Waals surface area contributed by atoms with E-state index in [1.54, 1.807) is 17.0 Å². The van der Waals surface area contributed by atoms with Gasteiger partial charge in [-0.1, -0.05) is 41.6 Å². The summed E-state index contributed by atoms with van der Waals surface area (Å²) in [4.78, 5) is 46.4. The third-order valence-electron chi connectivity index (χ3n) is 7.36. The molecule has 36 heavy (non-hydrogen) atoms. The highest BCUT2D eigenvalue weighted by Gasteiger charge is 2.55. The number of hydrogen-bond acceptors (Lipinski definition) is 6. The van der Waals surface area contributed by atoms with Gasteiger partial charge in [0.05, 0.1) is 5.92 Å². The molecule has 0 saturated carbocycles. The van der Waals surface area contributed by atoms with Crippen molar-refractivity contribution in [2.45, 2.75) is 37.1 Å². The summed E-state index contributed by atoms with van der Waals surface area (Å²) in [6, 6.07) is 13.0. The SMILES string of the molecule is O=C(CN1C(=O)NC2(CCc3ccccc32)C1=O)N1CCCC(c2nc(-c3cccc(F)c3)no2)C1. The Bertz CT molecular complexity index is 1370. The van der Waals surface area contributed by atoms with Gasteiger partial charge in [-0.2, -0.15) is 4.98 Å². The van der Waals surface area contributed by atoms with Crippen LogP contribution in [0.15, 0.2) is 53.1 Å². The van der Waals surface area contributed by atoms with Crippen molar-refractivity contribution < 1.29 is 23.3 Å². The van der Waals surface area contributed by atoms with E-state index in [0.717, 1.165) is 22.4 Å². The molecule has 0 radical (unpaired) electrons. The summed E-state index contributed by atoms with van der Waals surface area (Å²) in [5.74, 6) is -0.601. The van der Waals surface area contributed by atoms with Crippen LogP contribution in [0.25, 0.3) is 11.4 Å². The lowest BCUT2D eigenvalue weighted by atomic mass is 9.92. The lowest BCUT2D eigenvalue weighted by Crippen LogP contribution is -2.47. The molecule has 9 nitrogen and oxygen atoms in total. The molecule has 2 saturated heterocycles. The molecule has 3 aromatic rings. The fourth-order valence-corrected chi connectivity index (χ4v) is 5.52. The summed E-state index contributed by atoms with van der Waals surface area (Å²) < 4.78 is 19.0. The average Bonchev–Trinajstić information content (AvgIpc) is 3.59. The highest BCUT2D eigenvalue weighted by Crippen LogP contribution is 2.41. The number of amides is 4. The van der Waals surface area contributed by atoms with E-state index in [2.05, 4.69) is 15.5 Å². The van der Waals surface area contributed by atoms with Gasteiger partial charge < -0.3 is 14.7 Å². The summed E-state index contributed by atoms with van der Waals surface area (Å²) in [5, 5.41) is 6.83. The number of carbonyl (C=O) groups is 3. The molecule has 184 valence electrons. The third-order valence-corrected chi connectivity index (χ3v) is 7.36. The van der Waals surface area contributed by atoms with Crippen LogP contribution in [0, 0.1) is 5.82 Å². The van der Waals surface area contributed by atoms with Crippen molar-refractivity contribution in [3.05, 3.63) is 71.4 Å². The smallest absolute Gasteiger partial charge is 0.325 e. The molecule has 1 spiro atoms. The molecule has 1 aromatic heterocycles. The monoisotopic (exact) mass is 489 g/mol. The molecule has 2 aromatic carbocycles. The maximum absolute atomic E-state index is 13.6. The predicted molar refractivity (Wildman–Crippen MR) is 125 cm³/mol.